The Kier molecular flexibility index (Phi) is 3.55. The Balaban J connectivity index is 2.54. The van der Waals surface area contributed by atoms with Crippen molar-refractivity contribution in [3.05, 3.63) is 41.1 Å². The van der Waals surface area contributed by atoms with Crippen LogP contribution in [0.25, 0.3) is 0 Å². The number of carbonyl (C=O) groups is 2. The molecule has 1 aromatic rings. The van der Waals surface area contributed by atoms with Gasteiger partial charge >= 0.3 is 5.97 Å². The minimum absolute atomic E-state index is 0.112. The number of carboxylic acids is 1. The number of hydrogen-bond donors (Lipinski definition) is 2. The molecule has 2 rings (SSSR count). The number of rotatable bonds is 2. The molecule has 0 atom stereocenters. The Hall–Kier alpha value is -2.30. The predicted molar refractivity (Wildman–Crippen MR) is 72.0 cm³/mol. The maximum Gasteiger partial charge on any atom is 0.333 e. The van der Waals surface area contributed by atoms with E-state index < -0.39 is 5.97 Å². The molecule has 0 aliphatic carbocycles. The van der Waals surface area contributed by atoms with E-state index in [2.05, 4.69) is 5.32 Å². The average Bonchev–Trinajstić information content (AvgIpc) is 2.49. The molecule has 1 amide bonds. The largest absolute Gasteiger partial charge is 0.478 e. The van der Waals surface area contributed by atoms with Crippen molar-refractivity contribution in [2.75, 3.05) is 18.9 Å². The lowest BCUT2D eigenvalue weighted by Crippen LogP contribution is -2.28. The van der Waals surface area contributed by atoms with Crippen molar-refractivity contribution in [2.45, 2.75) is 13.3 Å². The summed E-state index contributed by atoms with van der Waals surface area (Å²) in [7, 11) is 1.67. The van der Waals surface area contributed by atoms with Crippen molar-refractivity contribution in [1.29, 1.82) is 0 Å². The fraction of sp³-hybridized carbons (Fsp3) is 0.286. The molecule has 0 bridgehead atoms. The number of hydrogen-bond acceptors (Lipinski definition) is 3. The first kappa shape index (κ1) is 13.1. The smallest absolute Gasteiger partial charge is 0.333 e. The SMILES string of the molecule is CCC(C(=O)O)=C1CN(C)C(=O)c2ccccc2N1. The van der Waals surface area contributed by atoms with Crippen LogP contribution in [0.2, 0.25) is 0 Å². The standard InChI is InChI=1S/C14H16N2O3/c1-3-9(14(18)19)12-8-16(2)13(17)10-6-4-5-7-11(10)15-12/h4-7,15H,3,8H2,1-2H3,(H,18,19). The van der Waals surface area contributed by atoms with E-state index in [1.165, 1.54) is 4.90 Å². The van der Waals surface area contributed by atoms with Crippen LogP contribution in [0.4, 0.5) is 5.69 Å². The number of nitrogens with zero attached hydrogens (tertiary/aromatic N) is 1. The molecule has 1 heterocycles. The lowest BCUT2D eigenvalue weighted by molar-refractivity contribution is -0.132. The van der Waals surface area contributed by atoms with E-state index in [4.69, 9.17) is 0 Å². The molecule has 0 radical (unpaired) electrons. The van der Waals surface area contributed by atoms with E-state index in [-0.39, 0.29) is 12.5 Å². The van der Waals surface area contributed by atoms with Crippen LogP contribution in [-0.4, -0.2) is 35.5 Å². The van der Waals surface area contributed by atoms with Crippen LogP contribution in [0.5, 0.6) is 0 Å². The van der Waals surface area contributed by atoms with Crippen LogP contribution in [0, 0.1) is 0 Å². The number of benzene rings is 1. The van der Waals surface area contributed by atoms with Crippen molar-refractivity contribution in [3.63, 3.8) is 0 Å². The van der Waals surface area contributed by atoms with E-state index in [0.29, 0.717) is 28.9 Å². The lowest BCUT2D eigenvalue weighted by Gasteiger charge is -2.16. The third-order valence-electron chi connectivity index (χ3n) is 3.16. The Morgan fingerprint density at radius 2 is 2.11 bits per heavy atom. The molecule has 0 spiro atoms. The molecule has 5 nitrogen and oxygen atoms in total. The molecule has 0 unspecified atom stereocenters. The molecule has 2 N–H and O–H groups in total. The van der Waals surface area contributed by atoms with Gasteiger partial charge in [-0.15, -0.1) is 0 Å². The van der Waals surface area contributed by atoms with Gasteiger partial charge in [-0.1, -0.05) is 19.1 Å². The van der Waals surface area contributed by atoms with Crippen LogP contribution in [-0.2, 0) is 4.79 Å². The summed E-state index contributed by atoms with van der Waals surface area (Å²) in [4.78, 5) is 24.9. The number of nitrogens with one attached hydrogen (secondary N) is 1. The predicted octanol–water partition coefficient (Wildman–Crippen LogP) is 1.93. The zero-order valence-corrected chi connectivity index (χ0v) is 10.9. The highest BCUT2D eigenvalue weighted by Gasteiger charge is 2.24. The lowest BCUT2D eigenvalue weighted by atomic mass is 10.1. The Bertz CT molecular complexity index is 564. The second-order valence-corrected chi connectivity index (χ2v) is 4.45. The summed E-state index contributed by atoms with van der Waals surface area (Å²) in [5.41, 5.74) is 2.08. The van der Waals surface area contributed by atoms with Crippen molar-refractivity contribution in [2.24, 2.45) is 0 Å². The Morgan fingerprint density at radius 3 is 2.74 bits per heavy atom. The van der Waals surface area contributed by atoms with Gasteiger partial charge in [-0.3, -0.25) is 4.79 Å². The number of fused-ring (bicyclic) bond motifs is 1. The molecular weight excluding hydrogens is 244 g/mol. The van der Waals surface area contributed by atoms with Gasteiger partial charge in [0.25, 0.3) is 5.91 Å². The van der Waals surface area contributed by atoms with Gasteiger partial charge in [0.1, 0.15) is 0 Å². The maximum absolute atomic E-state index is 12.2. The monoisotopic (exact) mass is 260 g/mol. The molecule has 1 aliphatic rings. The third-order valence-corrected chi connectivity index (χ3v) is 3.16. The van der Waals surface area contributed by atoms with E-state index in [1.807, 2.05) is 6.07 Å². The molecule has 0 fully saturated rings. The summed E-state index contributed by atoms with van der Waals surface area (Å²) < 4.78 is 0. The molecule has 0 saturated heterocycles. The molecule has 100 valence electrons. The molecule has 19 heavy (non-hydrogen) atoms. The second kappa shape index (κ2) is 5.14. The van der Waals surface area contributed by atoms with Gasteiger partial charge in [-0.05, 0) is 18.6 Å². The van der Waals surface area contributed by atoms with E-state index in [0.717, 1.165) is 0 Å². The van der Waals surface area contributed by atoms with Crippen molar-refractivity contribution < 1.29 is 14.7 Å². The first-order chi connectivity index (χ1) is 9.04. The van der Waals surface area contributed by atoms with Gasteiger partial charge in [0.15, 0.2) is 0 Å². The van der Waals surface area contributed by atoms with E-state index in [1.54, 1.807) is 32.2 Å². The topological polar surface area (TPSA) is 69.6 Å². The summed E-state index contributed by atoms with van der Waals surface area (Å²) >= 11 is 0. The van der Waals surface area contributed by atoms with Crippen LogP contribution in [0.15, 0.2) is 35.5 Å². The average molecular weight is 260 g/mol. The van der Waals surface area contributed by atoms with Crippen LogP contribution in [0.3, 0.4) is 0 Å². The molecule has 1 aromatic carbocycles. The van der Waals surface area contributed by atoms with Crippen LogP contribution < -0.4 is 5.32 Å². The maximum atomic E-state index is 12.2. The highest BCUT2D eigenvalue weighted by Crippen LogP contribution is 2.24. The van der Waals surface area contributed by atoms with Crippen molar-refractivity contribution in [3.8, 4) is 0 Å². The number of para-hydroxylation sites is 1. The van der Waals surface area contributed by atoms with Crippen molar-refractivity contribution >= 4 is 17.6 Å². The number of amides is 1. The van der Waals surface area contributed by atoms with Gasteiger partial charge in [-0.2, -0.15) is 0 Å². The highest BCUT2D eigenvalue weighted by atomic mass is 16.4. The Labute approximate surface area is 111 Å². The summed E-state index contributed by atoms with van der Waals surface area (Å²) in [5, 5.41) is 12.3. The normalized spacial score (nSPS) is 17.4. The minimum atomic E-state index is -0.953. The molecular formula is C14H16N2O3. The highest BCUT2D eigenvalue weighted by molar-refractivity contribution is 6.01. The van der Waals surface area contributed by atoms with E-state index in [9.17, 15) is 14.7 Å². The van der Waals surface area contributed by atoms with Gasteiger partial charge in [0.05, 0.1) is 23.4 Å². The number of anilines is 1. The number of aliphatic carboxylic acids is 1. The minimum Gasteiger partial charge on any atom is -0.478 e. The summed E-state index contributed by atoms with van der Waals surface area (Å²) in [6.07, 6.45) is 0.405. The van der Waals surface area contributed by atoms with E-state index >= 15 is 0 Å². The fourth-order valence-corrected chi connectivity index (χ4v) is 2.16. The number of likely N-dealkylation sites (N-methyl/N-ethyl adjacent to an activating group) is 1. The van der Waals surface area contributed by atoms with Crippen molar-refractivity contribution in [1.82, 2.24) is 4.90 Å². The second-order valence-electron chi connectivity index (χ2n) is 4.45. The quantitative estimate of drug-likeness (QED) is 0.797. The molecule has 1 aliphatic heterocycles. The van der Waals surface area contributed by atoms with Gasteiger partial charge < -0.3 is 15.3 Å². The third kappa shape index (κ3) is 2.45. The fourth-order valence-electron chi connectivity index (χ4n) is 2.16. The van der Waals surface area contributed by atoms with Gasteiger partial charge in [0, 0.05) is 12.7 Å². The van der Waals surface area contributed by atoms with Crippen LogP contribution >= 0.6 is 0 Å². The summed E-state index contributed by atoms with van der Waals surface area (Å²) in [5.74, 6) is -1.07. The molecule has 0 saturated carbocycles. The summed E-state index contributed by atoms with van der Waals surface area (Å²) in [6, 6.07) is 7.12. The first-order valence-electron chi connectivity index (χ1n) is 6.11. The van der Waals surface area contributed by atoms with Gasteiger partial charge in [-0.25, -0.2) is 4.79 Å². The summed E-state index contributed by atoms with van der Waals surface area (Å²) in [6.45, 7) is 2.06. The van der Waals surface area contributed by atoms with Gasteiger partial charge in [0.2, 0.25) is 0 Å². The van der Waals surface area contributed by atoms with Crippen LogP contribution in [0.1, 0.15) is 23.7 Å². The zero-order chi connectivity index (χ0) is 14.0. The Morgan fingerprint density at radius 1 is 1.42 bits per heavy atom. The first-order valence-corrected chi connectivity index (χ1v) is 6.11. The molecule has 5 heteroatoms. The number of carboxylic acid groups (broad SMARTS) is 1. The zero-order valence-electron chi connectivity index (χ0n) is 10.9. The molecule has 0 aromatic heterocycles. The number of carbonyl (C=O) groups excluding carboxylic acids is 1.